The third-order valence-corrected chi connectivity index (χ3v) is 5.78. The number of amidine groups is 1. The molecule has 184 valence electrons. The molecule has 0 fully saturated rings. The number of ether oxygens (including phenoxy) is 1. The van der Waals surface area contributed by atoms with Crippen molar-refractivity contribution in [1.29, 1.82) is 5.41 Å². The highest BCUT2D eigenvalue weighted by atomic mass is 19.1. The Morgan fingerprint density at radius 2 is 1.81 bits per heavy atom. The number of hydrogen-bond acceptors (Lipinski definition) is 7. The normalized spacial score (nSPS) is 14.8. The molecule has 36 heavy (non-hydrogen) atoms. The number of nitrogens with two attached hydrogens (primary N) is 1. The van der Waals surface area contributed by atoms with Gasteiger partial charge in [-0.1, -0.05) is 0 Å². The van der Waals surface area contributed by atoms with Crippen molar-refractivity contribution in [2.24, 2.45) is 15.7 Å². The lowest BCUT2D eigenvalue weighted by atomic mass is 9.89. The van der Waals surface area contributed by atoms with Gasteiger partial charge < -0.3 is 25.8 Å². The lowest BCUT2D eigenvalue weighted by molar-refractivity contribution is -0.145. The number of carbonyl (C=O) groups is 2. The van der Waals surface area contributed by atoms with Gasteiger partial charge in [-0.25, -0.2) is 4.39 Å². The predicted molar refractivity (Wildman–Crippen MR) is 125 cm³/mol. The van der Waals surface area contributed by atoms with Gasteiger partial charge in [0.1, 0.15) is 23.2 Å². The van der Waals surface area contributed by atoms with E-state index in [1.165, 1.54) is 31.4 Å². The third kappa shape index (κ3) is 4.58. The molecule has 0 saturated carbocycles. The largest absolute Gasteiger partial charge is 0.507 e. The summed E-state index contributed by atoms with van der Waals surface area (Å²) in [6.45, 7) is 0. The van der Waals surface area contributed by atoms with Crippen LogP contribution in [-0.4, -0.2) is 40.2 Å². The molecule has 0 bridgehead atoms. The van der Waals surface area contributed by atoms with Crippen molar-refractivity contribution >= 4 is 17.8 Å². The fourth-order valence-electron chi connectivity index (χ4n) is 4.03. The number of aromatic hydroxyl groups is 1. The SMILES string of the molecule is COc1ccc(F)cc1-c1cc(C(CC(=O)O)C(=O)O)cc(C2N=c3ccc(C(=N)N)cc3=N2)c1O. The first-order chi connectivity index (χ1) is 17.1. The first-order valence-corrected chi connectivity index (χ1v) is 10.6. The molecule has 11 heteroatoms. The van der Waals surface area contributed by atoms with Crippen LogP contribution < -0.4 is 21.2 Å². The Hall–Kier alpha value is -4.80. The van der Waals surface area contributed by atoms with Gasteiger partial charge in [-0.2, -0.15) is 0 Å². The summed E-state index contributed by atoms with van der Waals surface area (Å²) in [6, 6.07) is 11.0. The molecule has 6 N–H and O–H groups in total. The standard InChI is InChI=1S/C25H21FN4O6/c1-36-20-5-3-13(26)9-15(20)16-6-12(14(25(34)35)10-21(31)32)7-17(22(16)33)24-29-18-4-2-11(23(27)28)8-19(18)30-24/h2-9,14,24,33H,10H2,1H3,(H3,27,28)(H,31,32)(H,34,35). The molecule has 0 aliphatic carbocycles. The molecular weight excluding hydrogens is 471 g/mol. The maximum absolute atomic E-state index is 14.2. The first kappa shape index (κ1) is 24.3. The molecule has 3 aromatic rings. The molecule has 0 saturated heterocycles. The van der Waals surface area contributed by atoms with Crippen LogP contribution in [0.15, 0.2) is 58.5 Å². The van der Waals surface area contributed by atoms with Crippen molar-refractivity contribution in [2.45, 2.75) is 18.5 Å². The van der Waals surface area contributed by atoms with Gasteiger partial charge in [-0.05, 0) is 54.1 Å². The highest BCUT2D eigenvalue weighted by Gasteiger charge is 2.29. The number of phenols is 1. The fourth-order valence-corrected chi connectivity index (χ4v) is 4.03. The van der Waals surface area contributed by atoms with Gasteiger partial charge in [0.15, 0.2) is 6.17 Å². The number of carboxylic acid groups (broad SMARTS) is 2. The van der Waals surface area contributed by atoms with Crippen LogP contribution in [0.1, 0.15) is 35.2 Å². The van der Waals surface area contributed by atoms with Gasteiger partial charge in [0.25, 0.3) is 0 Å². The number of carboxylic acids is 2. The Labute approximate surface area is 203 Å². The fraction of sp³-hybridized carbons (Fsp3) is 0.160. The Kier molecular flexibility index (Phi) is 6.39. The Morgan fingerprint density at radius 1 is 1.08 bits per heavy atom. The van der Waals surface area contributed by atoms with E-state index in [1.54, 1.807) is 18.2 Å². The van der Waals surface area contributed by atoms with Crippen LogP contribution >= 0.6 is 0 Å². The van der Waals surface area contributed by atoms with Crippen LogP contribution in [0.5, 0.6) is 11.5 Å². The number of phenolic OH excluding ortho intramolecular Hbond substituents is 1. The second kappa shape index (κ2) is 9.45. The second-order valence-corrected chi connectivity index (χ2v) is 8.09. The summed E-state index contributed by atoms with van der Waals surface area (Å²) < 4.78 is 19.5. The molecular formula is C25H21FN4O6. The van der Waals surface area contributed by atoms with E-state index in [4.69, 9.17) is 15.9 Å². The van der Waals surface area contributed by atoms with Gasteiger partial charge in [0.2, 0.25) is 0 Å². The molecule has 10 nitrogen and oxygen atoms in total. The first-order valence-electron chi connectivity index (χ1n) is 10.6. The maximum Gasteiger partial charge on any atom is 0.311 e. The van der Waals surface area contributed by atoms with Gasteiger partial charge >= 0.3 is 11.9 Å². The lowest BCUT2D eigenvalue weighted by Gasteiger charge is -2.19. The maximum atomic E-state index is 14.2. The summed E-state index contributed by atoms with van der Waals surface area (Å²) >= 11 is 0. The zero-order chi connectivity index (χ0) is 26.1. The summed E-state index contributed by atoms with van der Waals surface area (Å²) in [5, 5.41) is 38.7. The summed E-state index contributed by atoms with van der Waals surface area (Å²) in [5.41, 5.74) is 6.28. The molecule has 1 heterocycles. The summed E-state index contributed by atoms with van der Waals surface area (Å²) in [7, 11) is 1.36. The van der Waals surface area contributed by atoms with E-state index in [2.05, 4.69) is 9.98 Å². The van der Waals surface area contributed by atoms with E-state index in [-0.39, 0.29) is 39.6 Å². The number of nitrogens with one attached hydrogen (secondary N) is 1. The van der Waals surface area contributed by atoms with Gasteiger partial charge in [-0.3, -0.25) is 25.0 Å². The van der Waals surface area contributed by atoms with Crippen molar-refractivity contribution in [1.82, 2.24) is 0 Å². The molecule has 0 amide bonds. The Balaban J connectivity index is 1.97. The summed E-state index contributed by atoms with van der Waals surface area (Å²) in [4.78, 5) is 32.3. The predicted octanol–water partition coefficient (Wildman–Crippen LogP) is 2.09. The zero-order valence-corrected chi connectivity index (χ0v) is 18.9. The third-order valence-electron chi connectivity index (χ3n) is 5.78. The number of rotatable bonds is 8. The molecule has 3 aromatic carbocycles. The molecule has 4 rings (SSSR count). The average molecular weight is 492 g/mol. The zero-order valence-electron chi connectivity index (χ0n) is 18.9. The quantitative estimate of drug-likeness (QED) is 0.236. The van der Waals surface area contributed by atoms with E-state index in [9.17, 15) is 29.3 Å². The molecule has 1 aliphatic rings. The van der Waals surface area contributed by atoms with Crippen LogP contribution in [0, 0.1) is 11.2 Å². The topological polar surface area (TPSA) is 179 Å². The Bertz CT molecular complexity index is 1540. The average Bonchev–Trinajstić information content (AvgIpc) is 3.25. The minimum absolute atomic E-state index is 0.0290. The molecule has 2 unspecified atom stereocenters. The lowest BCUT2D eigenvalue weighted by Crippen LogP contribution is -2.24. The van der Waals surface area contributed by atoms with Crippen LogP contribution in [0.3, 0.4) is 0 Å². The minimum Gasteiger partial charge on any atom is -0.507 e. The number of fused-ring (bicyclic) bond motifs is 1. The minimum atomic E-state index is -1.46. The summed E-state index contributed by atoms with van der Waals surface area (Å²) in [6.07, 6.45) is -1.74. The highest BCUT2D eigenvalue weighted by molar-refractivity contribution is 5.94. The molecule has 0 aromatic heterocycles. The van der Waals surface area contributed by atoms with E-state index < -0.39 is 36.3 Å². The molecule has 2 atom stereocenters. The molecule has 1 aliphatic heterocycles. The molecule has 0 radical (unpaired) electrons. The van der Waals surface area contributed by atoms with Crippen LogP contribution in [-0.2, 0) is 9.59 Å². The van der Waals surface area contributed by atoms with Gasteiger partial charge in [0, 0.05) is 22.3 Å². The van der Waals surface area contributed by atoms with Crippen LogP contribution in [0.25, 0.3) is 11.1 Å². The van der Waals surface area contributed by atoms with Crippen molar-refractivity contribution in [3.05, 3.63) is 81.8 Å². The van der Waals surface area contributed by atoms with Crippen LogP contribution in [0.4, 0.5) is 4.39 Å². The second-order valence-electron chi connectivity index (χ2n) is 8.09. The number of halogens is 1. The van der Waals surface area contributed by atoms with E-state index in [1.807, 2.05) is 0 Å². The van der Waals surface area contributed by atoms with Crippen molar-refractivity contribution in [2.75, 3.05) is 7.11 Å². The van der Waals surface area contributed by atoms with Crippen molar-refractivity contribution in [3.8, 4) is 22.6 Å². The van der Waals surface area contributed by atoms with Crippen molar-refractivity contribution < 1.29 is 34.0 Å². The van der Waals surface area contributed by atoms with Gasteiger partial charge in [-0.15, -0.1) is 0 Å². The Morgan fingerprint density at radius 3 is 2.44 bits per heavy atom. The van der Waals surface area contributed by atoms with E-state index in [0.717, 1.165) is 6.07 Å². The smallest absolute Gasteiger partial charge is 0.311 e. The van der Waals surface area contributed by atoms with Crippen molar-refractivity contribution in [3.63, 3.8) is 0 Å². The van der Waals surface area contributed by atoms with Gasteiger partial charge in [0.05, 0.1) is 30.2 Å². The number of nitrogen functional groups attached to an aromatic ring is 1. The number of hydrogen-bond donors (Lipinski definition) is 5. The van der Waals surface area contributed by atoms with E-state index in [0.29, 0.717) is 16.3 Å². The highest BCUT2D eigenvalue weighted by Crippen LogP contribution is 2.43. The molecule has 0 spiro atoms. The summed E-state index contributed by atoms with van der Waals surface area (Å²) in [5.74, 6) is -5.12. The number of aliphatic carboxylic acids is 2. The van der Waals surface area contributed by atoms with E-state index >= 15 is 0 Å². The number of benzene rings is 3. The number of nitrogens with zero attached hydrogens (tertiary/aromatic N) is 2. The number of methoxy groups -OCH3 is 1. The monoisotopic (exact) mass is 492 g/mol. The van der Waals surface area contributed by atoms with Crippen LogP contribution in [0.2, 0.25) is 0 Å².